The molecule has 0 aliphatic heterocycles. The van der Waals surface area contributed by atoms with Crippen LogP contribution in [0.25, 0.3) is 0 Å². The molecule has 45 heavy (non-hydrogen) atoms. The molecule has 16 heteroatoms. The van der Waals surface area contributed by atoms with Crippen LogP contribution < -0.4 is 25.4 Å². The molecule has 3 aromatic rings. The number of amides is 3. The summed E-state index contributed by atoms with van der Waals surface area (Å²) in [6.45, 7) is 6.82. The number of rotatable bonds is 15. The summed E-state index contributed by atoms with van der Waals surface area (Å²) in [5.41, 5.74) is 2.39. The third-order valence-corrected chi connectivity index (χ3v) is 9.23. The average Bonchev–Trinajstić information content (AvgIpc) is 3.00. The Hall–Kier alpha value is -4.57. The quantitative estimate of drug-likeness (QED) is 0.160. The highest BCUT2D eigenvalue weighted by molar-refractivity contribution is 7.90. The van der Waals surface area contributed by atoms with Gasteiger partial charge in [-0.3, -0.25) is 19.1 Å². The van der Waals surface area contributed by atoms with Gasteiger partial charge in [-0.15, -0.1) is 0 Å². The highest BCUT2D eigenvalue weighted by Crippen LogP contribution is 2.24. The van der Waals surface area contributed by atoms with Crippen molar-refractivity contribution in [1.29, 1.82) is 0 Å². The molecule has 242 valence electrons. The fourth-order valence-corrected chi connectivity index (χ4v) is 5.87. The van der Waals surface area contributed by atoms with Gasteiger partial charge in [0.2, 0.25) is 33.7 Å². The Labute approximate surface area is 262 Å². The van der Waals surface area contributed by atoms with Crippen LogP contribution in [0.15, 0.2) is 59.6 Å². The lowest BCUT2D eigenvalue weighted by Gasteiger charge is -2.15. The number of para-hydroxylation sites is 1. The van der Waals surface area contributed by atoms with Crippen LogP contribution in [0.4, 0.5) is 23.1 Å². The number of carbonyl (C=O) groups is 3. The maximum absolute atomic E-state index is 12.5. The molecular formula is C29H37N7O7S2. The van der Waals surface area contributed by atoms with E-state index in [-0.39, 0.29) is 30.2 Å². The fourth-order valence-electron chi connectivity index (χ4n) is 3.70. The number of hydrogen-bond donors (Lipinski definition) is 5. The van der Waals surface area contributed by atoms with Crippen LogP contribution in [0.2, 0.25) is 0 Å². The predicted octanol–water partition coefficient (Wildman–Crippen LogP) is 2.99. The smallest absolute Gasteiger partial charge is 0.264 e. The Morgan fingerprint density at radius 3 is 2.36 bits per heavy atom. The molecule has 1 unspecified atom stereocenters. The number of hydrogen-bond acceptors (Lipinski definition) is 11. The normalized spacial score (nSPS) is 12.1. The van der Waals surface area contributed by atoms with Crippen LogP contribution in [-0.2, 0) is 41.0 Å². The van der Waals surface area contributed by atoms with Crippen LogP contribution in [0.5, 0.6) is 0 Å². The van der Waals surface area contributed by atoms with Gasteiger partial charge in [-0.1, -0.05) is 45.0 Å². The van der Waals surface area contributed by atoms with Crippen molar-refractivity contribution >= 4 is 60.9 Å². The summed E-state index contributed by atoms with van der Waals surface area (Å²) in [6.07, 6.45) is 1.75. The largest absolute Gasteiger partial charge is 0.352 e. The van der Waals surface area contributed by atoms with Crippen molar-refractivity contribution in [1.82, 2.24) is 24.7 Å². The maximum Gasteiger partial charge on any atom is 0.264 e. The van der Waals surface area contributed by atoms with Gasteiger partial charge >= 0.3 is 0 Å². The first-order chi connectivity index (χ1) is 21.2. The highest BCUT2D eigenvalue weighted by Gasteiger charge is 2.20. The van der Waals surface area contributed by atoms with Gasteiger partial charge in [-0.25, -0.2) is 26.5 Å². The monoisotopic (exact) mass is 659 g/mol. The van der Waals surface area contributed by atoms with E-state index in [0.717, 1.165) is 0 Å². The molecule has 1 atom stereocenters. The van der Waals surface area contributed by atoms with E-state index in [0.29, 0.717) is 34.7 Å². The van der Waals surface area contributed by atoms with Gasteiger partial charge in [0, 0.05) is 48.4 Å². The molecule has 0 fully saturated rings. The highest BCUT2D eigenvalue weighted by atomic mass is 32.2. The van der Waals surface area contributed by atoms with Crippen molar-refractivity contribution in [3.8, 4) is 0 Å². The van der Waals surface area contributed by atoms with Crippen molar-refractivity contribution in [2.45, 2.75) is 58.4 Å². The van der Waals surface area contributed by atoms with Crippen LogP contribution in [-0.4, -0.2) is 50.3 Å². The van der Waals surface area contributed by atoms with Crippen molar-refractivity contribution in [3.63, 3.8) is 0 Å². The third-order valence-electron chi connectivity index (χ3n) is 6.60. The number of benzene rings is 2. The molecule has 3 amide bonds. The molecule has 0 spiro atoms. The minimum absolute atomic E-state index is 0.0174. The van der Waals surface area contributed by atoms with Crippen molar-refractivity contribution in [2.75, 3.05) is 16.4 Å². The van der Waals surface area contributed by atoms with E-state index in [2.05, 4.69) is 25.9 Å². The Balaban J connectivity index is 1.67. The van der Waals surface area contributed by atoms with Crippen molar-refractivity contribution in [3.05, 3.63) is 65.9 Å². The first kappa shape index (κ1) is 34.9. The number of sulfonamides is 2. The zero-order chi connectivity index (χ0) is 33.2. The second-order valence-corrected chi connectivity index (χ2v) is 13.7. The first-order valence-electron chi connectivity index (χ1n) is 14.1. The lowest BCUT2D eigenvalue weighted by molar-refractivity contribution is -0.123. The number of aryl methyl sites for hydroxylation is 1. The molecule has 1 aromatic heterocycles. The summed E-state index contributed by atoms with van der Waals surface area (Å²) in [5, 5.41) is 8.89. The third kappa shape index (κ3) is 10.5. The van der Waals surface area contributed by atoms with Gasteiger partial charge in [0.1, 0.15) is 5.82 Å². The van der Waals surface area contributed by atoms with Gasteiger partial charge in [-0.2, -0.15) is 4.98 Å². The molecule has 1 heterocycles. The topological polar surface area (TPSA) is 205 Å². The molecule has 2 aromatic carbocycles. The molecule has 0 saturated carbocycles. The van der Waals surface area contributed by atoms with Crippen LogP contribution in [0.1, 0.15) is 51.2 Å². The SMILES string of the molecule is CCC(=O)NS(=O)(=O)c1cccc(Nc2ncc(C)c(Nc3ccccc3CNC(=O)CCS(=O)(=O)NC(=O)C(C)CC)n2)c1. The summed E-state index contributed by atoms with van der Waals surface area (Å²) in [6, 6.07) is 13.0. The van der Waals surface area contributed by atoms with E-state index in [1.54, 1.807) is 64.2 Å². The molecule has 0 aliphatic rings. The van der Waals surface area contributed by atoms with E-state index in [4.69, 9.17) is 0 Å². The average molecular weight is 660 g/mol. The lowest BCUT2D eigenvalue weighted by atomic mass is 10.1. The van der Waals surface area contributed by atoms with Crippen LogP contribution in [0.3, 0.4) is 0 Å². The molecule has 0 radical (unpaired) electrons. The number of anilines is 4. The van der Waals surface area contributed by atoms with E-state index in [1.807, 2.05) is 9.44 Å². The predicted molar refractivity (Wildman–Crippen MR) is 170 cm³/mol. The summed E-state index contributed by atoms with van der Waals surface area (Å²) >= 11 is 0. The van der Waals surface area contributed by atoms with Gasteiger partial charge in [-0.05, 0) is 43.2 Å². The lowest BCUT2D eigenvalue weighted by Crippen LogP contribution is -2.37. The van der Waals surface area contributed by atoms with Gasteiger partial charge in [0.05, 0.1) is 10.6 Å². The number of carbonyl (C=O) groups excluding carboxylic acids is 3. The standard InChI is InChI=1S/C29H37N7O7S2/c1-5-19(3)28(39)36-44(40,41)15-14-26(38)30-18-21-10-7-8-13-24(21)33-27-20(4)17-31-29(34-27)32-22-11-9-12-23(16-22)45(42,43)35-25(37)6-2/h7-13,16-17,19H,5-6,14-15,18H2,1-4H3,(H,30,38)(H,35,37)(H,36,39)(H2,31,32,33,34). The van der Waals surface area contributed by atoms with E-state index in [1.165, 1.54) is 18.2 Å². The summed E-state index contributed by atoms with van der Waals surface area (Å²) < 4.78 is 53.4. The minimum atomic E-state index is -4.05. The minimum Gasteiger partial charge on any atom is -0.352 e. The number of aromatic nitrogens is 2. The maximum atomic E-state index is 12.5. The van der Waals surface area contributed by atoms with Crippen LogP contribution >= 0.6 is 0 Å². The van der Waals surface area contributed by atoms with Crippen LogP contribution in [0, 0.1) is 12.8 Å². The van der Waals surface area contributed by atoms with E-state index in [9.17, 15) is 31.2 Å². The molecule has 3 rings (SSSR count). The second-order valence-electron chi connectivity index (χ2n) is 10.2. The van der Waals surface area contributed by atoms with E-state index < -0.39 is 49.4 Å². The Bertz CT molecular complexity index is 1760. The Morgan fingerprint density at radius 1 is 0.911 bits per heavy atom. The summed E-state index contributed by atoms with van der Waals surface area (Å²) in [5.74, 6) is -2.11. The molecule has 0 bridgehead atoms. The zero-order valence-electron chi connectivity index (χ0n) is 25.4. The second kappa shape index (κ2) is 15.4. The Kier molecular flexibility index (Phi) is 12.0. The van der Waals surface area contributed by atoms with Crippen molar-refractivity contribution < 1.29 is 31.2 Å². The zero-order valence-corrected chi connectivity index (χ0v) is 27.0. The van der Waals surface area contributed by atoms with Gasteiger partial charge in [0.15, 0.2) is 0 Å². The molecule has 0 aliphatic carbocycles. The van der Waals surface area contributed by atoms with E-state index >= 15 is 0 Å². The van der Waals surface area contributed by atoms with Gasteiger partial charge < -0.3 is 16.0 Å². The van der Waals surface area contributed by atoms with Gasteiger partial charge in [0.25, 0.3) is 10.0 Å². The first-order valence-corrected chi connectivity index (χ1v) is 17.3. The number of nitrogens with one attached hydrogen (secondary N) is 5. The summed E-state index contributed by atoms with van der Waals surface area (Å²) in [4.78, 5) is 44.7. The summed E-state index contributed by atoms with van der Waals surface area (Å²) in [7, 11) is -8.00. The molecular weight excluding hydrogens is 622 g/mol. The molecule has 14 nitrogen and oxygen atoms in total. The Morgan fingerprint density at radius 2 is 1.64 bits per heavy atom. The fraction of sp³-hybridized carbons (Fsp3) is 0.345. The molecule has 0 saturated heterocycles. The molecule has 5 N–H and O–H groups in total. The van der Waals surface area contributed by atoms with Crippen molar-refractivity contribution in [2.24, 2.45) is 5.92 Å². The number of nitrogens with zero attached hydrogens (tertiary/aromatic N) is 2.